The van der Waals surface area contributed by atoms with Crippen molar-refractivity contribution in [1.82, 2.24) is 9.97 Å². The summed E-state index contributed by atoms with van der Waals surface area (Å²) in [7, 11) is 1.58. The molecule has 1 aromatic rings. The molecule has 0 saturated heterocycles. The molecule has 1 aromatic heterocycles. The lowest BCUT2D eigenvalue weighted by Crippen LogP contribution is -2.06. The van der Waals surface area contributed by atoms with E-state index in [0.29, 0.717) is 11.6 Å². The molecule has 17 heavy (non-hydrogen) atoms. The molecule has 0 radical (unpaired) electrons. The van der Waals surface area contributed by atoms with Crippen molar-refractivity contribution in [3.05, 3.63) is 34.9 Å². The van der Waals surface area contributed by atoms with Gasteiger partial charge in [0.15, 0.2) is 11.6 Å². The maximum Gasteiger partial charge on any atom is 0.224 e. The monoisotopic (exact) mass is 251 g/mol. The molecule has 90 valence electrons. The molecule has 4 nitrogen and oxygen atoms in total. The van der Waals surface area contributed by atoms with Crippen molar-refractivity contribution in [2.45, 2.75) is 19.8 Å². The first-order valence-corrected chi connectivity index (χ1v) is 5.78. The van der Waals surface area contributed by atoms with Crippen LogP contribution in [0.3, 0.4) is 0 Å². The molecule has 0 aliphatic heterocycles. The van der Waals surface area contributed by atoms with Crippen LogP contribution >= 0.6 is 11.6 Å². The summed E-state index contributed by atoms with van der Waals surface area (Å²) in [5.41, 5.74) is 2.34. The van der Waals surface area contributed by atoms with Crippen molar-refractivity contribution in [1.29, 1.82) is 0 Å². The fourth-order valence-corrected chi connectivity index (χ4v) is 1.78. The van der Waals surface area contributed by atoms with Gasteiger partial charge in [0.25, 0.3) is 0 Å². The van der Waals surface area contributed by atoms with E-state index in [4.69, 9.17) is 16.3 Å². The molecule has 0 bridgehead atoms. The summed E-state index contributed by atoms with van der Waals surface area (Å²) in [4.78, 5) is 8.00. The number of rotatable bonds is 3. The Balaban J connectivity index is 2.29. The molecule has 5 heteroatoms. The summed E-state index contributed by atoms with van der Waals surface area (Å²) in [6.45, 7) is 2.10. The first kappa shape index (κ1) is 11.9. The Bertz CT molecular complexity index is 483. The van der Waals surface area contributed by atoms with Gasteiger partial charge in [0.1, 0.15) is 0 Å². The minimum atomic E-state index is 0.200. The number of allylic oxidation sites excluding steroid dienone is 3. The van der Waals surface area contributed by atoms with Crippen LogP contribution in [-0.2, 0) is 0 Å². The van der Waals surface area contributed by atoms with E-state index in [2.05, 4.69) is 28.3 Å². The topological polar surface area (TPSA) is 47.0 Å². The number of hydrogen-bond donors (Lipinski definition) is 1. The van der Waals surface area contributed by atoms with Crippen molar-refractivity contribution in [3.8, 4) is 5.75 Å². The minimum absolute atomic E-state index is 0.200. The summed E-state index contributed by atoms with van der Waals surface area (Å²) in [6.07, 6.45) is 7.87. The van der Waals surface area contributed by atoms with E-state index < -0.39 is 0 Å². The van der Waals surface area contributed by atoms with Gasteiger partial charge in [-0.15, -0.1) is 0 Å². The maximum absolute atomic E-state index is 5.78. The lowest BCUT2D eigenvalue weighted by atomic mass is 10.0. The van der Waals surface area contributed by atoms with Gasteiger partial charge in [-0.25, -0.2) is 4.98 Å². The van der Waals surface area contributed by atoms with Crippen LogP contribution in [0.25, 0.3) is 0 Å². The van der Waals surface area contributed by atoms with Gasteiger partial charge in [-0.2, -0.15) is 4.98 Å². The summed E-state index contributed by atoms with van der Waals surface area (Å²) in [5, 5.41) is 3.42. The summed E-state index contributed by atoms with van der Waals surface area (Å²) < 4.78 is 5.18. The number of ether oxygens (including phenoxy) is 1. The number of hydrogen-bond acceptors (Lipinski definition) is 4. The summed E-state index contributed by atoms with van der Waals surface area (Å²) in [5.74, 6) is 1.17. The van der Waals surface area contributed by atoms with Gasteiger partial charge >= 0.3 is 0 Å². The SMILES string of the molecule is COc1cnc(Cl)nc1NC1=C(C)CCC=C1. The predicted molar refractivity (Wildman–Crippen MR) is 68.3 cm³/mol. The Labute approximate surface area is 105 Å². The average Bonchev–Trinajstić information content (AvgIpc) is 2.32. The Morgan fingerprint density at radius 2 is 2.29 bits per heavy atom. The highest BCUT2D eigenvalue weighted by Gasteiger charge is 2.10. The molecule has 1 aliphatic carbocycles. The van der Waals surface area contributed by atoms with E-state index in [9.17, 15) is 0 Å². The standard InChI is InChI=1S/C12H14ClN3O/c1-8-5-3-4-6-9(8)15-11-10(17-2)7-14-12(13)16-11/h4,6-7H,3,5H2,1-2H3,(H,14,15,16). The number of methoxy groups -OCH3 is 1. The second-order valence-corrected chi connectivity index (χ2v) is 4.15. The number of anilines is 1. The van der Waals surface area contributed by atoms with E-state index >= 15 is 0 Å². The van der Waals surface area contributed by atoms with Crippen LogP contribution in [0.4, 0.5) is 5.82 Å². The van der Waals surface area contributed by atoms with Crippen LogP contribution in [0.2, 0.25) is 5.28 Å². The molecule has 0 atom stereocenters. The van der Waals surface area contributed by atoms with E-state index in [0.717, 1.165) is 18.5 Å². The first-order valence-electron chi connectivity index (χ1n) is 5.40. The van der Waals surface area contributed by atoms with Crippen molar-refractivity contribution < 1.29 is 4.74 Å². The molecule has 0 saturated carbocycles. The van der Waals surface area contributed by atoms with Crippen molar-refractivity contribution in [2.24, 2.45) is 0 Å². The zero-order chi connectivity index (χ0) is 12.3. The first-order chi connectivity index (χ1) is 8.20. The quantitative estimate of drug-likeness (QED) is 0.839. The lowest BCUT2D eigenvalue weighted by molar-refractivity contribution is 0.413. The lowest BCUT2D eigenvalue weighted by Gasteiger charge is -2.15. The van der Waals surface area contributed by atoms with Gasteiger partial charge in [-0.3, -0.25) is 0 Å². The highest BCUT2D eigenvalue weighted by molar-refractivity contribution is 6.28. The predicted octanol–water partition coefficient (Wildman–Crippen LogP) is 3.17. The molecule has 2 rings (SSSR count). The second kappa shape index (κ2) is 5.19. The fraction of sp³-hybridized carbons (Fsp3) is 0.333. The molecule has 0 amide bonds. The molecular formula is C12H14ClN3O. The largest absolute Gasteiger partial charge is 0.491 e. The third-order valence-corrected chi connectivity index (χ3v) is 2.81. The molecule has 1 aliphatic rings. The van der Waals surface area contributed by atoms with E-state index in [1.807, 2.05) is 6.08 Å². The molecule has 1 N–H and O–H groups in total. The number of nitrogens with zero attached hydrogens (tertiary/aromatic N) is 2. The molecule has 1 heterocycles. The zero-order valence-electron chi connectivity index (χ0n) is 9.83. The third-order valence-electron chi connectivity index (χ3n) is 2.63. The zero-order valence-corrected chi connectivity index (χ0v) is 10.6. The van der Waals surface area contributed by atoms with E-state index in [1.54, 1.807) is 13.3 Å². The van der Waals surface area contributed by atoms with Crippen LogP contribution in [0.1, 0.15) is 19.8 Å². The fourth-order valence-electron chi connectivity index (χ4n) is 1.64. The maximum atomic E-state index is 5.78. The Hall–Kier alpha value is -1.55. The van der Waals surface area contributed by atoms with Crippen LogP contribution < -0.4 is 10.1 Å². The van der Waals surface area contributed by atoms with Gasteiger partial charge in [0, 0.05) is 5.70 Å². The second-order valence-electron chi connectivity index (χ2n) is 3.82. The summed E-state index contributed by atoms with van der Waals surface area (Å²) >= 11 is 5.78. The van der Waals surface area contributed by atoms with Crippen LogP contribution in [0.5, 0.6) is 5.75 Å². The summed E-state index contributed by atoms with van der Waals surface area (Å²) in [6, 6.07) is 0. The number of aromatic nitrogens is 2. The molecule has 0 spiro atoms. The molecular weight excluding hydrogens is 238 g/mol. The van der Waals surface area contributed by atoms with Gasteiger partial charge in [-0.1, -0.05) is 6.08 Å². The van der Waals surface area contributed by atoms with E-state index in [-0.39, 0.29) is 5.28 Å². The third kappa shape index (κ3) is 2.77. The van der Waals surface area contributed by atoms with Gasteiger partial charge in [-0.05, 0) is 43.0 Å². The van der Waals surface area contributed by atoms with Crippen molar-refractivity contribution in [3.63, 3.8) is 0 Å². The van der Waals surface area contributed by atoms with E-state index in [1.165, 1.54) is 5.57 Å². The van der Waals surface area contributed by atoms with Gasteiger partial charge in [0.2, 0.25) is 5.28 Å². The van der Waals surface area contributed by atoms with Crippen LogP contribution in [-0.4, -0.2) is 17.1 Å². The highest BCUT2D eigenvalue weighted by atomic mass is 35.5. The highest BCUT2D eigenvalue weighted by Crippen LogP contribution is 2.26. The normalized spacial score (nSPS) is 15.0. The minimum Gasteiger partial charge on any atom is -0.491 e. The Morgan fingerprint density at radius 1 is 1.47 bits per heavy atom. The van der Waals surface area contributed by atoms with Crippen LogP contribution in [0, 0.1) is 0 Å². The number of nitrogens with one attached hydrogen (secondary N) is 1. The Kier molecular flexibility index (Phi) is 3.64. The Morgan fingerprint density at radius 3 is 3.00 bits per heavy atom. The number of halogens is 1. The molecule has 0 unspecified atom stereocenters. The van der Waals surface area contributed by atoms with Crippen molar-refractivity contribution >= 4 is 17.4 Å². The van der Waals surface area contributed by atoms with Crippen LogP contribution in [0.15, 0.2) is 29.6 Å². The van der Waals surface area contributed by atoms with Gasteiger partial charge in [0.05, 0.1) is 13.3 Å². The molecule has 0 aromatic carbocycles. The van der Waals surface area contributed by atoms with Gasteiger partial charge < -0.3 is 10.1 Å². The van der Waals surface area contributed by atoms with Crippen molar-refractivity contribution in [2.75, 3.05) is 12.4 Å². The smallest absolute Gasteiger partial charge is 0.224 e. The average molecular weight is 252 g/mol. The molecule has 0 fully saturated rings.